The van der Waals surface area contributed by atoms with E-state index in [2.05, 4.69) is 31.2 Å². The SMILES string of the molecule is CCNc1ncnc(OCCCOC)c1Br. The Labute approximate surface area is 104 Å². The highest BCUT2D eigenvalue weighted by Crippen LogP contribution is 2.28. The molecule has 1 rings (SSSR count). The molecule has 0 aliphatic carbocycles. The summed E-state index contributed by atoms with van der Waals surface area (Å²) < 4.78 is 11.2. The van der Waals surface area contributed by atoms with Gasteiger partial charge in [0.25, 0.3) is 0 Å². The molecule has 0 aromatic carbocycles. The molecule has 1 aromatic heterocycles. The molecule has 0 aliphatic rings. The third-order valence-electron chi connectivity index (χ3n) is 1.83. The van der Waals surface area contributed by atoms with E-state index in [-0.39, 0.29) is 0 Å². The van der Waals surface area contributed by atoms with Crippen LogP contribution in [0.2, 0.25) is 0 Å². The van der Waals surface area contributed by atoms with Crippen molar-refractivity contribution in [3.8, 4) is 5.88 Å². The van der Waals surface area contributed by atoms with E-state index >= 15 is 0 Å². The van der Waals surface area contributed by atoms with Crippen LogP contribution in [0.5, 0.6) is 5.88 Å². The van der Waals surface area contributed by atoms with Crippen LogP contribution in [0.25, 0.3) is 0 Å². The average molecular weight is 290 g/mol. The van der Waals surface area contributed by atoms with Crippen molar-refractivity contribution >= 4 is 21.7 Å². The molecule has 0 bridgehead atoms. The van der Waals surface area contributed by atoms with E-state index in [1.54, 1.807) is 7.11 Å². The third kappa shape index (κ3) is 3.94. The van der Waals surface area contributed by atoms with Crippen LogP contribution >= 0.6 is 15.9 Å². The van der Waals surface area contributed by atoms with Crippen LogP contribution in [0, 0.1) is 0 Å². The molecule has 0 radical (unpaired) electrons. The van der Waals surface area contributed by atoms with E-state index in [9.17, 15) is 0 Å². The zero-order chi connectivity index (χ0) is 11.8. The van der Waals surface area contributed by atoms with Crippen LogP contribution in [0.3, 0.4) is 0 Å². The predicted octanol–water partition coefficient (Wildman–Crippen LogP) is 2.09. The van der Waals surface area contributed by atoms with Crippen molar-refractivity contribution in [1.82, 2.24) is 9.97 Å². The maximum absolute atomic E-state index is 5.51. The fourth-order valence-corrected chi connectivity index (χ4v) is 1.58. The molecule has 0 spiro atoms. The molecule has 16 heavy (non-hydrogen) atoms. The summed E-state index contributed by atoms with van der Waals surface area (Å²) in [6, 6.07) is 0. The lowest BCUT2D eigenvalue weighted by molar-refractivity contribution is 0.170. The molecule has 0 saturated carbocycles. The highest BCUT2D eigenvalue weighted by molar-refractivity contribution is 9.10. The number of ether oxygens (including phenoxy) is 2. The molecular weight excluding hydrogens is 274 g/mol. The Morgan fingerprint density at radius 3 is 2.88 bits per heavy atom. The number of aromatic nitrogens is 2. The Kier molecular flexibility index (Phi) is 6.10. The van der Waals surface area contributed by atoms with Gasteiger partial charge < -0.3 is 14.8 Å². The Morgan fingerprint density at radius 1 is 1.38 bits per heavy atom. The first kappa shape index (κ1) is 13.2. The van der Waals surface area contributed by atoms with Gasteiger partial charge in [-0.05, 0) is 22.9 Å². The Morgan fingerprint density at radius 2 is 2.19 bits per heavy atom. The molecule has 0 amide bonds. The molecule has 90 valence electrons. The lowest BCUT2D eigenvalue weighted by atomic mass is 10.5. The normalized spacial score (nSPS) is 10.2. The number of halogens is 1. The summed E-state index contributed by atoms with van der Waals surface area (Å²) >= 11 is 3.41. The smallest absolute Gasteiger partial charge is 0.233 e. The number of hydrogen-bond donors (Lipinski definition) is 1. The van der Waals surface area contributed by atoms with E-state index in [1.807, 2.05) is 6.92 Å². The van der Waals surface area contributed by atoms with Crippen LogP contribution in [0.1, 0.15) is 13.3 Å². The number of hydrogen-bond acceptors (Lipinski definition) is 5. The van der Waals surface area contributed by atoms with Crippen LogP contribution in [0.4, 0.5) is 5.82 Å². The fourth-order valence-electron chi connectivity index (χ4n) is 1.12. The van der Waals surface area contributed by atoms with Gasteiger partial charge in [-0.15, -0.1) is 0 Å². The first-order valence-corrected chi connectivity index (χ1v) is 5.95. The van der Waals surface area contributed by atoms with E-state index in [1.165, 1.54) is 6.33 Å². The standard InChI is InChI=1S/C10H16BrN3O2/c1-3-12-9-8(11)10(14-7-13-9)16-6-4-5-15-2/h7H,3-6H2,1-2H3,(H,12,13,14). The summed E-state index contributed by atoms with van der Waals surface area (Å²) in [5.74, 6) is 1.31. The Bertz CT molecular complexity index is 323. The van der Waals surface area contributed by atoms with Gasteiger partial charge in [-0.25, -0.2) is 9.97 Å². The van der Waals surface area contributed by atoms with Gasteiger partial charge in [0.2, 0.25) is 5.88 Å². The molecule has 1 heterocycles. The highest BCUT2D eigenvalue weighted by atomic mass is 79.9. The Hall–Kier alpha value is -0.880. The minimum absolute atomic E-state index is 0.557. The molecule has 1 aromatic rings. The molecule has 0 saturated heterocycles. The first-order chi connectivity index (χ1) is 7.79. The summed E-state index contributed by atoms with van der Waals surface area (Å²) in [5.41, 5.74) is 0. The zero-order valence-electron chi connectivity index (χ0n) is 9.49. The minimum Gasteiger partial charge on any atom is -0.477 e. The van der Waals surface area contributed by atoms with Crippen LogP contribution in [-0.2, 0) is 4.74 Å². The van der Waals surface area contributed by atoms with Crippen molar-refractivity contribution in [2.45, 2.75) is 13.3 Å². The molecule has 0 aliphatic heterocycles. The van der Waals surface area contributed by atoms with Gasteiger partial charge in [0.1, 0.15) is 16.6 Å². The second-order valence-electron chi connectivity index (χ2n) is 3.07. The second-order valence-corrected chi connectivity index (χ2v) is 3.86. The summed E-state index contributed by atoms with van der Waals surface area (Å²) in [6.07, 6.45) is 2.32. The predicted molar refractivity (Wildman–Crippen MR) is 65.9 cm³/mol. The number of rotatable bonds is 7. The Balaban J connectivity index is 2.55. The summed E-state index contributed by atoms with van der Waals surface area (Å²) in [4.78, 5) is 8.16. The molecule has 5 nitrogen and oxygen atoms in total. The number of nitrogens with zero attached hydrogens (tertiary/aromatic N) is 2. The van der Waals surface area contributed by atoms with Gasteiger partial charge in [0.15, 0.2) is 0 Å². The van der Waals surface area contributed by atoms with Gasteiger partial charge in [0, 0.05) is 26.7 Å². The van der Waals surface area contributed by atoms with Gasteiger partial charge in [-0.2, -0.15) is 0 Å². The van der Waals surface area contributed by atoms with E-state index < -0.39 is 0 Å². The van der Waals surface area contributed by atoms with Crippen LogP contribution < -0.4 is 10.1 Å². The number of methoxy groups -OCH3 is 1. The maximum atomic E-state index is 5.51. The summed E-state index contributed by atoms with van der Waals surface area (Å²) in [7, 11) is 1.67. The monoisotopic (exact) mass is 289 g/mol. The van der Waals surface area contributed by atoms with Gasteiger partial charge in [-0.3, -0.25) is 0 Å². The van der Waals surface area contributed by atoms with Gasteiger partial charge in [-0.1, -0.05) is 0 Å². The first-order valence-electron chi connectivity index (χ1n) is 5.15. The van der Waals surface area contributed by atoms with E-state index in [4.69, 9.17) is 9.47 Å². The third-order valence-corrected chi connectivity index (χ3v) is 2.55. The second kappa shape index (κ2) is 7.40. The van der Waals surface area contributed by atoms with Crippen molar-refractivity contribution in [2.24, 2.45) is 0 Å². The van der Waals surface area contributed by atoms with Crippen molar-refractivity contribution in [3.05, 3.63) is 10.8 Å². The van der Waals surface area contributed by atoms with E-state index in [0.29, 0.717) is 19.1 Å². The van der Waals surface area contributed by atoms with Gasteiger partial charge >= 0.3 is 0 Å². The molecule has 0 atom stereocenters. The molecule has 0 fully saturated rings. The largest absolute Gasteiger partial charge is 0.477 e. The van der Waals surface area contributed by atoms with Crippen molar-refractivity contribution < 1.29 is 9.47 Å². The zero-order valence-corrected chi connectivity index (χ0v) is 11.1. The topological polar surface area (TPSA) is 56.3 Å². The fraction of sp³-hybridized carbons (Fsp3) is 0.600. The lowest BCUT2D eigenvalue weighted by Gasteiger charge is -2.09. The quantitative estimate of drug-likeness (QED) is 0.779. The van der Waals surface area contributed by atoms with Crippen LogP contribution in [-0.4, -0.2) is 36.8 Å². The average Bonchev–Trinajstić information content (AvgIpc) is 2.29. The lowest BCUT2D eigenvalue weighted by Crippen LogP contribution is -2.06. The molecule has 1 N–H and O–H groups in total. The number of anilines is 1. The van der Waals surface area contributed by atoms with Crippen molar-refractivity contribution in [1.29, 1.82) is 0 Å². The van der Waals surface area contributed by atoms with E-state index in [0.717, 1.165) is 23.3 Å². The maximum Gasteiger partial charge on any atom is 0.233 e. The van der Waals surface area contributed by atoms with Gasteiger partial charge in [0.05, 0.1) is 6.61 Å². The van der Waals surface area contributed by atoms with Crippen molar-refractivity contribution in [2.75, 3.05) is 32.2 Å². The minimum atomic E-state index is 0.557. The summed E-state index contributed by atoms with van der Waals surface area (Å²) in [6.45, 7) is 4.07. The number of nitrogens with one attached hydrogen (secondary N) is 1. The highest BCUT2D eigenvalue weighted by Gasteiger charge is 2.08. The molecule has 0 unspecified atom stereocenters. The van der Waals surface area contributed by atoms with Crippen molar-refractivity contribution in [3.63, 3.8) is 0 Å². The summed E-state index contributed by atoms with van der Waals surface area (Å²) in [5, 5.41) is 3.12. The molecular formula is C10H16BrN3O2. The van der Waals surface area contributed by atoms with Crippen LogP contribution in [0.15, 0.2) is 10.8 Å². The molecule has 6 heteroatoms.